The van der Waals surface area contributed by atoms with E-state index >= 15 is 0 Å². The van der Waals surface area contributed by atoms with Gasteiger partial charge < -0.3 is 10.8 Å². The van der Waals surface area contributed by atoms with Gasteiger partial charge in [-0.2, -0.15) is 0 Å². The Morgan fingerprint density at radius 3 is 2.50 bits per heavy atom. The third-order valence-corrected chi connectivity index (χ3v) is 2.48. The van der Waals surface area contributed by atoms with Crippen molar-refractivity contribution in [1.29, 1.82) is 0 Å². The van der Waals surface area contributed by atoms with E-state index in [4.69, 9.17) is 22.4 Å². The second-order valence-electron chi connectivity index (χ2n) is 3.07. The lowest BCUT2D eigenvalue weighted by Gasteiger charge is -2.16. The Morgan fingerprint density at radius 2 is 2.00 bits per heavy atom. The summed E-state index contributed by atoms with van der Waals surface area (Å²) in [5.74, 6) is -0.931. The number of aliphatic carboxylic acids is 1. The summed E-state index contributed by atoms with van der Waals surface area (Å²) >= 11 is 6.01. The zero-order valence-electron chi connectivity index (χ0n) is 7.56. The predicted molar refractivity (Wildman–Crippen MR) is 55.3 cm³/mol. The molecule has 0 bridgehead atoms. The third-order valence-electron chi connectivity index (χ3n) is 1.90. The molecule has 1 rings (SSSR count). The van der Waals surface area contributed by atoms with Gasteiger partial charge in [-0.1, -0.05) is 30.3 Å². The lowest BCUT2D eigenvalue weighted by molar-refractivity contribution is -0.137. The van der Waals surface area contributed by atoms with Gasteiger partial charge in [0.2, 0.25) is 0 Å². The van der Waals surface area contributed by atoms with Gasteiger partial charge in [-0.15, -0.1) is 11.6 Å². The largest absolute Gasteiger partial charge is 0.481 e. The van der Waals surface area contributed by atoms with E-state index in [0.29, 0.717) is 0 Å². The number of carboxylic acid groups (broad SMARTS) is 1. The molecule has 1 aromatic rings. The third kappa shape index (κ3) is 3.01. The second-order valence-corrected chi connectivity index (χ2v) is 3.54. The molecule has 0 saturated heterocycles. The van der Waals surface area contributed by atoms with Gasteiger partial charge >= 0.3 is 5.97 Å². The molecule has 4 heteroatoms. The molecule has 2 atom stereocenters. The molecule has 0 spiro atoms. The van der Waals surface area contributed by atoms with Crippen molar-refractivity contribution in [1.82, 2.24) is 0 Å². The Kier molecular flexibility index (Phi) is 3.92. The lowest BCUT2D eigenvalue weighted by Crippen LogP contribution is -2.28. The minimum atomic E-state index is -0.931. The summed E-state index contributed by atoms with van der Waals surface area (Å²) in [7, 11) is 0. The summed E-state index contributed by atoms with van der Waals surface area (Å²) in [5, 5.41) is 8.09. The Hall–Kier alpha value is -1.06. The monoisotopic (exact) mass is 213 g/mol. The van der Waals surface area contributed by atoms with Crippen molar-refractivity contribution >= 4 is 17.6 Å². The molecule has 2 unspecified atom stereocenters. The van der Waals surface area contributed by atoms with Gasteiger partial charge in [0.05, 0.1) is 11.8 Å². The first-order valence-electron chi connectivity index (χ1n) is 4.27. The predicted octanol–water partition coefficient (Wildman–Crippen LogP) is 1.77. The molecular formula is C10H12ClNO2. The summed E-state index contributed by atoms with van der Waals surface area (Å²) in [5.41, 5.74) is 6.49. The summed E-state index contributed by atoms with van der Waals surface area (Å²) in [6.07, 6.45) is -0.122. The minimum Gasteiger partial charge on any atom is -0.481 e. The zero-order valence-corrected chi connectivity index (χ0v) is 8.32. The van der Waals surface area contributed by atoms with E-state index < -0.39 is 17.4 Å². The van der Waals surface area contributed by atoms with E-state index in [1.807, 2.05) is 30.3 Å². The fourth-order valence-electron chi connectivity index (χ4n) is 1.19. The highest BCUT2D eigenvalue weighted by atomic mass is 35.5. The molecule has 0 fully saturated rings. The van der Waals surface area contributed by atoms with Crippen LogP contribution in [0.25, 0.3) is 0 Å². The number of rotatable bonds is 4. The first kappa shape index (κ1) is 11.0. The molecule has 3 N–H and O–H groups in total. The van der Waals surface area contributed by atoms with Crippen LogP contribution in [0.3, 0.4) is 0 Å². The van der Waals surface area contributed by atoms with Crippen molar-refractivity contribution in [2.45, 2.75) is 17.8 Å². The summed E-state index contributed by atoms with van der Waals surface area (Å²) < 4.78 is 0. The Morgan fingerprint density at radius 1 is 1.43 bits per heavy atom. The molecule has 0 amide bonds. The number of hydrogen-bond donors (Lipinski definition) is 2. The van der Waals surface area contributed by atoms with Gasteiger partial charge in [-0.3, -0.25) is 4.79 Å². The van der Waals surface area contributed by atoms with Crippen molar-refractivity contribution in [2.24, 2.45) is 5.73 Å². The minimum absolute atomic E-state index is 0.122. The number of hydrogen-bond acceptors (Lipinski definition) is 2. The highest BCUT2D eigenvalue weighted by Gasteiger charge is 2.19. The molecule has 1 aromatic carbocycles. The summed E-state index contributed by atoms with van der Waals surface area (Å²) in [6, 6.07) is 8.67. The highest BCUT2D eigenvalue weighted by Crippen LogP contribution is 2.24. The van der Waals surface area contributed by atoms with Gasteiger partial charge in [0.1, 0.15) is 0 Å². The Bertz CT molecular complexity index is 302. The van der Waals surface area contributed by atoms with Crippen LogP contribution >= 0.6 is 11.6 Å². The molecule has 0 aliphatic carbocycles. The van der Waals surface area contributed by atoms with Crippen LogP contribution < -0.4 is 5.73 Å². The average Bonchev–Trinajstić information content (AvgIpc) is 2.17. The number of alkyl halides is 1. The maximum absolute atomic E-state index is 10.4. The van der Waals surface area contributed by atoms with Gasteiger partial charge in [0.15, 0.2) is 0 Å². The van der Waals surface area contributed by atoms with Crippen LogP contribution in [0.4, 0.5) is 0 Å². The number of nitrogens with two attached hydrogens (primary N) is 1. The molecule has 3 nitrogen and oxygen atoms in total. The van der Waals surface area contributed by atoms with Crippen LogP contribution in [0.15, 0.2) is 30.3 Å². The van der Waals surface area contributed by atoms with E-state index in [2.05, 4.69) is 0 Å². The molecule has 0 aliphatic heterocycles. The van der Waals surface area contributed by atoms with Crippen LogP contribution in [0.1, 0.15) is 17.4 Å². The fraction of sp³-hybridized carbons (Fsp3) is 0.300. The molecule has 0 aliphatic rings. The van der Waals surface area contributed by atoms with E-state index in [1.165, 1.54) is 0 Å². The number of carbonyl (C=O) groups is 1. The summed E-state index contributed by atoms with van der Waals surface area (Å²) in [4.78, 5) is 10.4. The van der Waals surface area contributed by atoms with Crippen molar-refractivity contribution in [3.05, 3.63) is 35.9 Å². The average molecular weight is 214 g/mol. The fourth-order valence-corrected chi connectivity index (χ4v) is 1.42. The molecule has 0 heterocycles. The number of benzene rings is 1. The van der Waals surface area contributed by atoms with Crippen LogP contribution in [0.5, 0.6) is 0 Å². The quantitative estimate of drug-likeness (QED) is 0.750. The normalized spacial score (nSPS) is 14.7. The number of halogens is 1. The SMILES string of the molecule is NC(CC(=O)O)C(Cl)c1ccccc1. The van der Waals surface area contributed by atoms with E-state index in [-0.39, 0.29) is 6.42 Å². The molecular weight excluding hydrogens is 202 g/mol. The molecule has 0 aromatic heterocycles. The zero-order chi connectivity index (χ0) is 10.6. The van der Waals surface area contributed by atoms with Crippen molar-refractivity contribution < 1.29 is 9.90 Å². The van der Waals surface area contributed by atoms with Crippen molar-refractivity contribution in [3.8, 4) is 0 Å². The number of carboxylic acids is 1. The molecule has 0 saturated carbocycles. The Balaban J connectivity index is 2.65. The van der Waals surface area contributed by atoms with E-state index in [0.717, 1.165) is 5.56 Å². The van der Waals surface area contributed by atoms with Gasteiger partial charge in [0, 0.05) is 6.04 Å². The molecule has 0 radical (unpaired) electrons. The first-order valence-corrected chi connectivity index (χ1v) is 4.71. The summed E-state index contributed by atoms with van der Waals surface area (Å²) in [6.45, 7) is 0. The van der Waals surface area contributed by atoms with Crippen LogP contribution in [0, 0.1) is 0 Å². The van der Waals surface area contributed by atoms with Gasteiger partial charge in [-0.05, 0) is 5.56 Å². The van der Waals surface area contributed by atoms with Gasteiger partial charge in [-0.25, -0.2) is 0 Å². The standard InChI is InChI=1S/C10H12ClNO2/c11-10(8(12)6-9(13)14)7-4-2-1-3-5-7/h1-5,8,10H,6,12H2,(H,13,14). The van der Waals surface area contributed by atoms with E-state index in [1.54, 1.807) is 0 Å². The Labute approximate surface area is 87.5 Å². The molecule has 76 valence electrons. The maximum atomic E-state index is 10.4. The molecule has 14 heavy (non-hydrogen) atoms. The van der Waals surface area contributed by atoms with E-state index in [9.17, 15) is 4.79 Å². The van der Waals surface area contributed by atoms with Crippen molar-refractivity contribution in [2.75, 3.05) is 0 Å². The highest BCUT2D eigenvalue weighted by molar-refractivity contribution is 6.21. The van der Waals surface area contributed by atoms with Gasteiger partial charge in [0.25, 0.3) is 0 Å². The smallest absolute Gasteiger partial charge is 0.304 e. The first-order chi connectivity index (χ1) is 6.61. The van der Waals surface area contributed by atoms with Crippen LogP contribution in [-0.4, -0.2) is 17.1 Å². The second kappa shape index (κ2) is 4.98. The maximum Gasteiger partial charge on any atom is 0.304 e. The van der Waals surface area contributed by atoms with Crippen LogP contribution in [-0.2, 0) is 4.79 Å². The lowest BCUT2D eigenvalue weighted by atomic mass is 10.0. The topological polar surface area (TPSA) is 63.3 Å². The van der Waals surface area contributed by atoms with Crippen LogP contribution in [0.2, 0.25) is 0 Å². The van der Waals surface area contributed by atoms with Crippen molar-refractivity contribution in [3.63, 3.8) is 0 Å².